The van der Waals surface area contributed by atoms with Crippen molar-refractivity contribution in [3.63, 3.8) is 0 Å². The van der Waals surface area contributed by atoms with Crippen LogP contribution < -0.4 is 0 Å². The van der Waals surface area contributed by atoms with E-state index in [0.717, 1.165) is 0 Å². The molecular weight excluding hydrogens is 259 g/mol. The van der Waals surface area contributed by atoms with Gasteiger partial charge < -0.3 is 0 Å². The SMILES string of the molecule is CCP(C)C.CCP(C)C.[Ru]. The molecule has 0 heterocycles. The third-order valence-corrected chi connectivity index (χ3v) is 3.79. The minimum absolute atomic E-state index is 0. The first-order valence-corrected chi connectivity index (χ1v) is 8.68. The van der Waals surface area contributed by atoms with Gasteiger partial charge in [0.15, 0.2) is 0 Å². The molecule has 0 rings (SSSR count). The Bertz CT molecular complexity index is 48.1. The standard InChI is InChI=1S/2C4H11P.Ru/c2*1-4-5(2)3;/h2*4H2,1-3H3;. The van der Waals surface area contributed by atoms with Crippen molar-refractivity contribution < 1.29 is 19.5 Å². The van der Waals surface area contributed by atoms with Gasteiger partial charge >= 0.3 is 0 Å². The van der Waals surface area contributed by atoms with Crippen LogP contribution in [-0.4, -0.2) is 39.0 Å². The van der Waals surface area contributed by atoms with Gasteiger partial charge in [0.25, 0.3) is 0 Å². The summed E-state index contributed by atoms with van der Waals surface area (Å²) in [6.45, 7) is 13.6. The summed E-state index contributed by atoms with van der Waals surface area (Å²) < 4.78 is 0. The molecule has 11 heavy (non-hydrogen) atoms. The van der Waals surface area contributed by atoms with Crippen LogP contribution in [0.3, 0.4) is 0 Å². The first-order valence-electron chi connectivity index (χ1n) is 3.84. The summed E-state index contributed by atoms with van der Waals surface area (Å²) in [6, 6.07) is 0. The quantitative estimate of drug-likeness (QED) is 0.537. The van der Waals surface area contributed by atoms with Crippen molar-refractivity contribution in [1.29, 1.82) is 0 Å². The normalized spacial score (nSPS) is 8.73. The largest absolute Gasteiger partial charge is 0.113 e. The number of hydrogen-bond donors (Lipinski definition) is 0. The van der Waals surface area contributed by atoms with Crippen LogP contribution in [0.25, 0.3) is 0 Å². The van der Waals surface area contributed by atoms with Crippen LogP contribution in [0.15, 0.2) is 0 Å². The van der Waals surface area contributed by atoms with Gasteiger partial charge in [-0.25, -0.2) is 0 Å². The fourth-order valence-electron chi connectivity index (χ4n) is 0. The molecule has 0 unspecified atom stereocenters. The van der Waals surface area contributed by atoms with Gasteiger partial charge in [-0.15, -0.1) is 15.8 Å². The maximum atomic E-state index is 2.29. The molecule has 0 nitrogen and oxygen atoms in total. The Morgan fingerprint density at radius 2 is 0.818 bits per heavy atom. The van der Waals surface area contributed by atoms with Crippen LogP contribution in [0.5, 0.6) is 0 Å². The van der Waals surface area contributed by atoms with Crippen LogP contribution in [0, 0.1) is 0 Å². The van der Waals surface area contributed by atoms with Gasteiger partial charge in [0.05, 0.1) is 0 Å². The second kappa shape index (κ2) is 14.0. The third-order valence-electron chi connectivity index (χ3n) is 1.26. The predicted octanol–water partition coefficient (Wildman–Crippen LogP) is 3.49. The Morgan fingerprint density at radius 3 is 0.818 bits per heavy atom. The van der Waals surface area contributed by atoms with Gasteiger partial charge in [-0.3, -0.25) is 0 Å². The molecule has 0 aromatic rings. The van der Waals surface area contributed by atoms with Crippen molar-refractivity contribution in [2.45, 2.75) is 13.8 Å². The summed E-state index contributed by atoms with van der Waals surface area (Å²) in [5.41, 5.74) is 0. The predicted molar refractivity (Wildman–Crippen MR) is 58.6 cm³/mol. The minimum Gasteiger partial charge on any atom is -0.113 e. The molecule has 0 fully saturated rings. The van der Waals surface area contributed by atoms with Crippen molar-refractivity contribution in [3.05, 3.63) is 0 Å². The zero-order chi connectivity index (χ0) is 8.57. The topological polar surface area (TPSA) is 0 Å². The van der Waals surface area contributed by atoms with E-state index in [2.05, 4.69) is 40.5 Å². The van der Waals surface area contributed by atoms with E-state index in [1.807, 2.05) is 0 Å². The summed E-state index contributed by atoms with van der Waals surface area (Å²) in [6.07, 6.45) is 2.74. The molecule has 0 atom stereocenters. The van der Waals surface area contributed by atoms with Gasteiger partial charge in [0.1, 0.15) is 0 Å². The fraction of sp³-hybridized carbons (Fsp3) is 1.00. The summed E-state index contributed by atoms with van der Waals surface area (Å²) in [4.78, 5) is 0. The summed E-state index contributed by atoms with van der Waals surface area (Å²) >= 11 is 0. The zero-order valence-corrected chi connectivity index (χ0v) is 12.2. The monoisotopic (exact) mass is 282 g/mol. The maximum absolute atomic E-state index is 2.29. The smallest absolute Gasteiger partial charge is 0 e. The van der Waals surface area contributed by atoms with E-state index in [1.54, 1.807) is 0 Å². The van der Waals surface area contributed by atoms with E-state index in [4.69, 9.17) is 0 Å². The van der Waals surface area contributed by atoms with Gasteiger partial charge in [-0.05, 0) is 39.0 Å². The van der Waals surface area contributed by atoms with Crippen molar-refractivity contribution in [3.8, 4) is 0 Å². The Kier molecular flexibility index (Phi) is 23.4. The van der Waals surface area contributed by atoms with Crippen molar-refractivity contribution in [1.82, 2.24) is 0 Å². The molecule has 0 aliphatic heterocycles. The Hall–Kier alpha value is 1.48. The molecule has 0 aromatic heterocycles. The molecule has 3 heteroatoms. The Labute approximate surface area is 88.2 Å². The maximum Gasteiger partial charge on any atom is 0 e. The van der Waals surface area contributed by atoms with Gasteiger partial charge in [0, 0.05) is 19.5 Å². The fourth-order valence-corrected chi connectivity index (χ4v) is 0. The van der Waals surface area contributed by atoms with E-state index in [-0.39, 0.29) is 19.5 Å². The molecule has 0 aromatic carbocycles. The second-order valence-corrected chi connectivity index (χ2v) is 8.38. The average molecular weight is 281 g/mol. The molecule has 0 bridgehead atoms. The molecular formula is C8H22P2Ru. The van der Waals surface area contributed by atoms with E-state index in [1.165, 1.54) is 12.3 Å². The first kappa shape index (κ1) is 18.3. The summed E-state index contributed by atoms with van der Waals surface area (Å²) in [5, 5.41) is 0. The average Bonchev–Trinajstić information content (AvgIpc) is 1.89. The molecule has 0 aliphatic rings. The van der Waals surface area contributed by atoms with Crippen LogP contribution in [0.2, 0.25) is 0 Å². The van der Waals surface area contributed by atoms with Crippen LogP contribution >= 0.6 is 15.8 Å². The third kappa shape index (κ3) is 34.3. The molecule has 0 saturated heterocycles. The zero-order valence-electron chi connectivity index (χ0n) is 8.66. The molecule has 0 aliphatic carbocycles. The van der Waals surface area contributed by atoms with Crippen LogP contribution in [0.1, 0.15) is 13.8 Å². The van der Waals surface area contributed by atoms with Gasteiger partial charge in [-0.2, -0.15) is 0 Å². The van der Waals surface area contributed by atoms with E-state index in [9.17, 15) is 0 Å². The molecule has 0 amide bonds. The van der Waals surface area contributed by atoms with E-state index < -0.39 is 0 Å². The Balaban J connectivity index is -0.000000107. The minimum atomic E-state index is 0. The van der Waals surface area contributed by atoms with E-state index in [0.29, 0.717) is 15.8 Å². The van der Waals surface area contributed by atoms with Crippen molar-refractivity contribution >= 4 is 15.8 Å². The van der Waals surface area contributed by atoms with Crippen molar-refractivity contribution in [2.24, 2.45) is 0 Å². The number of hydrogen-bond acceptors (Lipinski definition) is 0. The first-order chi connectivity index (χ1) is 4.54. The number of rotatable bonds is 2. The van der Waals surface area contributed by atoms with E-state index >= 15 is 0 Å². The molecule has 0 saturated carbocycles. The molecule has 0 N–H and O–H groups in total. The Morgan fingerprint density at radius 1 is 0.727 bits per heavy atom. The van der Waals surface area contributed by atoms with Crippen LogP contribution in [0.4, 0.5) is 0 Å². The van der Waals surface area contributed by atoms with Crippen LogP contribution in [-0.2, 0) is 19.5 Å². The molecule has 72 valence electrons. The van der Waals surface area contributed by atoms with Gasteiger partial charge in [-0.1, -0.05) is 13.8 Å². The summed E-state index contributed by atoms with van der Waals surface area (Å²) in [7, 11) is 0.803. The molecule has 0 spiro atoms. The summed E-state index contributed by atoms with van der Waals surface area (Å²) in [5.74, 6) is 0. The second-order valence-electron chi connectivity index (χ2n) is 2.79. The van der Waals surface area contributed by atoms with Gasteiger partial charge in [0.2, 0.25) is 0 Å². The van der Waals surface area contributed by atoms with Crippen molar-refractivity contribution in [2.75, 3.05) is 39.0 Å². The molecule has 0 radical (unpaired) electrons.